The van der Waals surface area contributed by atoms with E-state index in [4.69, 9.17) is 4.74 Å². The van der Waals surface area contributed by atoms with Crippen LogP contribution in [0, 0.1) is 6.92 Å². The SMILES string of the molecule is CCOC(=O)c1ccc(Nc2ccnc(Nc3cccc(C)c3)n2)cc1. The first-order valence-corrected chi connectivity index (χ1v) is 8.35. The lowest BCUT2D eigenvalue weighted by molar-refractivity contribution is 0.0526. The Bertz CT molecular complexity index is 894. The third kappa shape index (κ3) is 4.57. The lowest BCUT2D eigenvalue weighted by atomic mass is 10.2. The lowest BCUT2D eigenvalue weighted by Crippen LogP contribution is -2.04. The van der Waals surface area contributed by atoms with Crippen LogP contribution in [0.3, 0.4) is 0 Å². The van der Waals surface area contributed by atoms with E-state index in [0.717, 1.165) is 16.9 Å². The second-order valence-corrected chi connectivity index (χ2v) is 5.68. The van der Waals surface area contributed by atoms with Gasteiger partial charge in [0.25, 0.3) is 0 Å². The van der Waals surface area contributed by atoms with Gasteiger partial charge in [0.2, 0.25) is 5.95 Å². The molecule has 1 heterocycles. The monoisotopic (exact) mass is 348 g/mol. The molecule has 0 radical (unpaired) electrons. The summed E-state index contributed by atoms with van der Waals surface area (Å²) in [6.45, 7) is 4.17. The minimum atomic E-state index is -0.328. The molecule has 0 aliphatic rings. The summed E-state index contributed by atoms with van der Waals surface area (Å²) in [6, 6.07) is 16.8. The molecule has 2 N–H and O–H groups in total. The Balaban J connectivity index is 1.69. The third-order valence-corrected chi connectivity index (χ3v) is 3.60. The fourth-order valence-corrected chi connectivity index (χ4v) is 2.39. The highest BCUT2D eigenvalue weighted by molar-refractivity contribution is 5.89. The highest BCUT2D eigenvalue weighted by Gasteiger charge is 2.06. The molecule has 0 saturated heterocycles. The fraction of sp³-hybridized carbons (Fsp3) is 0.150. The first-order valence-electron chi connectivity index (χ1n) is 8.35. The van der Waals surface area contributed by atoms with Crippen LogP contribution < -0.4 is 10.6 Å². The summed E-state index contributed by atoms with van der Waals surface area (Å²) in [5, 5.41) is 6.38. The molecular weight excluding hydrogens is 328 g/mol. The molecule has 26 heavy (non-hydrogen) atoms. The van der Waals surface area contributed by atoms with Gasteiger partial charge in [-0.15, -0.1) is 0 Å². The van der Waals surface area contributed by atoms with E-state index in [0.29, 0.717) is 23.9 Å². The van der Waals surface area contributed by atoms with E-state index in [1.165, 1.54) is 0 Å². The van der Waals surface area contributed by atoms with Crippen molar-refractivity contribution < 1.29 is 9.53 Å². The van der Waals surface area contributed by atoms with Crippen LogP contribution in [0.1, 0.15) is 22.8 Å². The number of nitrogens with one attached hydrogen (secondary N) is 2. The summed E-state index contributed by atoms with van der Waals surface area (Å²) in [6.07, 6.45) is 1.68. The molecule has 3 rings (SSSR count). The molecule has 0 atom stereocenters. The first-order chi connectivity index (χ1) is 12.6. The Morgan fingerprint density at radius 1 is 1.04 bits per heavy atom. The summed E-state index contributed by atoms with van der Waals surface area (Å²) < 4.78 is 4.98. The van der Waals surface area contributed by atoms with Crippen molar-refractivity contribution in [2.45, 2.75) is 13.8 Å². The topological polar surface area (TPSA) is 76.1 Å². The van der Waals surface area contributed by atoms with Gasteiger partial charge in [0.15, 0.2) is 0 Å². The summed E-state index contributed by atoms with van der Waals surface area (Å²) in [7, 11) is 0. The molecule has 1 aromatic heterocycles. The van der Waals surface area contributed by atoms with Crippen molar-refractivity contribution in [3.8, 4) is 0 Å². The Hall–Kier alpha value is -3.41. The molecule has 132 valence electrons. The van der Waals surface area contributed by atoms with Crippen LogP contribution in [-0.4, -0.2) is 22.5 Å². The van der Waals surface area contributed by atoms with Gasteiger partial charge in [-0.05, 0) is 61.9 Å². The molecule has 0 saturated carbocycles. The van der Waals surface area contributed by atoms with Crippen LogP contribution in [-0.2, 0) is 4.74 Å². The molecule has 0 aliphatic carbocycles. The number of aromatic nitrogens is 2. The number of carbonyl (C=O) groups is 1. The Morgan fingerprint density at radius 3 is 2.58 bits per heavy atom. The first kappa shape index (κ1) is 17.4. The molecule has 2 aromatic carbocycles. The summed E-state index contributed by atoms with van der Waals surface area (Å²) >= 11 is 0. The second kappa shape index (κ2) is 8.11. The maximum Gasteiger partial charge on any atom is 0.338 e. The van der Waals surface area contributed by atoms with E-state index in [2.05, 4.69) is 20.6 Å². The zero-order chi connectivity index (χ0) is 18.4. The van der Waals surface area contributed by atoms with Crippen molar-refractivity contribution in [3.63, 3.8) is 0 Å². The maximum atomic E-state index is 11.7. The highest BCUT2D eigenvalue weighted by Crippen LogP contribution is 2.19. The van der Waals surface area contributed by atoms with Gasteiger partial charge in [-0.3, -0.25) is 0 Å². The van der Waals surface area contributed by atoms with E-state index in [9.17, 15) is 4.79 Å². The number of benzene rings is 2. The normalized spacial score (nSPS) is 10.2. The maximum absolute atomic E-state index is 11.7. The van der Waals surface area contributed by atoms with Crippen molar-refractivity contribution in [1.29, 1.82) is 0 Å². The van der Waals surface area contributed by atoms with Gasteiger partial charge >= 0.3 is 5.97 Å². The molecule has 3 aromatic rings. The molecule has 0 spiro atoms. The van der Waals surface area contributed by atoms with Gasteiger partial charge < -0.3 is 15.4 Å². The van der Waals surface area contributed by atoms with Gasteiger partial charge in [-0.25, -0.2) is 9.78 Å². The number of carbonyl (C=O) groups excluding carboxylic acids is 1. The smallest absolute Gasteiger partial charge is 0.338 e. The zero-order valence-electron chi connectivity index (χ0n) is 14.7. The number of esters is 1. The van der Waals surface area contributed by atoms with Crippen molar-refractivity contribution >= 4 is 29.1 Å². The number of nitrogens with zero attached hydrogens (tertiary/aromatic N) is 2. The van der Waals surface area contributed by atoms with Crippen LogP contribution in [0.5, 0.6) is 0 Å². The summed E-state index contributed by atoms with van der Waals surface area (Å²) in [4.78, 5) is 20.4. The molecule has 6 heteroatoms. The van der Waals surface area contributed by atoms with Gasteiger partial charge in [-0.1, -0.05) is 12.1 Å². The Morgan fingerprint density at radius 2 is 1.85 bits per heavy atom. The third-order valence-electron chi connectivity index (χ3n) is 3.60. The number of ether oxygens (including phenoxy) is 1. The van der Waals surface area contributed by atoms with E-state index < -0.39 is 0 Å². The largest absolute Gasteiger partial charge is 0.462 e. The van der Waals surface area contributed by atoms with Gasteiger partial charge in [0, 0.05) is 17.6 Å². The molecule has 0 aliphatic heterocycles. The van der Waals surface area contributed by atoms with E-state index in [1.54, 1.807) is 31.3 Å². The fourth-order valence-electron chi connectivity index (χ4n) is 2.39. The van der Waals surface area contributed by atoms with E-state index in [-0.39, 0.29) is 5.97 Å². The van der Waals surface area contributed by atoms with Gasteiger partial charge in [0.05, 0.1) is 12.2 Å². The Labute approximate surface area is 152 Å². The van der Waals surface area contributed by atoms with E-state index in [1.807, 2.05) is 43.3 Å². The van der Waals surface area contributed by atoms with Crippen LogP contribution in [0.4, 0.5) is 23.1 Å². The minimum absolute atomic E-state index is 0.328. The molecule has 6 nitrogen and oxygen atoms in total. The predicted octanol–water partition coefficient (Wildman–Crippen LogP) is 4.45. The summed E-state index contributed by atoms with van der Waals surface area (Å²) in [5.74, 6) is 0.827. The van der Waals surface area contributed by atoms with Crippen LogP contribution in [0.15, 0.2) is 60.8 Å². The van der Waals surface area contributed by atoms with Crippen LogP contribution in [0.25, 0.3) is 0 Å². The van der Waals surface area contributed by atoms with Crippen molar-refractivity contribution in [2.24, 2.45) is 0 Å². The quantitative estimate of drug-likeness (QED) is 0.641. The average molecular weight is 348 g/mol. The van der Waals surface area contributed by atoms with Crippen LogP contribution >= 0.6 is 0 Å². The number of aryl methyl sites for hydroxylation is 1. The lowest BCUT2D eigenvalue weighted by Gasteiger charge is -2.09. The second-order valence-electron chi connectivity index (χ2n) is 5.68. The van der Waals surface area contributed by atoms with Crippen molar-refractivity contribution in [3.05, 3.63) is 71.9 Å². The summed E-state index contributed by atoms with van der Waals surface area (Å²) in [5.41, 5.74) is 3.42. The molecule has 0 bridgehead atoms. The van der Waals surface area contributed by atoms with Gasteiger partial charge in [0.1, 0.15) is 5.82 Å². The molecule has 0 amide bonds. The minimum Gasteiger partial charge on any atom is -0.462 e. The van der Waals surface area contributed by atoms with Crippen LogP contribution in [0.2, 0.25) is 0 Å². The zero-order valence-corrected chi connectivity index (χ0v) is 14.7. The molecule has 0 unspecified atom stereocenters. The van der Waals surface area contributed by atoms with E-state index >= 15 is 0 Å². The number of hydrogen-bond donors (Lipinski definition) is 2. The van der Waals surface area contributed by atoms with Crippen molar-refractivity contribution in [2.75, 3.05) is 17.2 Å². The number of rotatable bonds is 6. The number of anilines is 4. The average Bonchev–Trinajstić information content (AvgIpc) is 2.63. The predicted molar refractivity (Wildman–Crippen MR) is 102 cm³/mol. The molecule has 0 fully saturated rings. The number of hydrogen-bond acceptors (Lipinski definition) is 6. The molecular formula is C20H20N4O2. The standard InChI is InChI=1S/C20H20N4O2/c1-3-26-19(25)15-7-9-16(10-8-15)22-18-11-12-21-20(24-18)23-17-6-4-5-14(2)13-17/h4-13H,3H2,1-2H3,(H2,21,22,23,24). The van der Waals surface area contributed by atoms with Gasteiger partial charge in [-0.2, -0.15) is 4.98 Å². The van der Waals surface area contributed by atoms with Crippen molar-refractivity contribution in [1.82, 2.24) is 9.97 Å². The highest BCUT2D eigenvalue weighted by atomic mass is 16.5. The Kier molecular flexibility index (Phi) is 5.43.